The molecule has 2 aromatic carbocycles. The van der Waals surface area contributed by atoms with Crippen LogP contribution in [0, 0.1) is 0 Å². The molecule has 0 N–H and O–H groups in total. The van der Waals surface area contributed by atoms with Crippen molar-refractivity contribution >= 4 is 19.3 Å². The van der Waals surface area contributed by atoms with Gasteiger partial charge in [0.1, 0.15) is 13.8 Å². The standard InChI is InChI=1S/C17H20OSi/c1-18-16-9-11-17(12-10-16)19(2,3)14-13-15-7-5-4-6-8-15/h4-14H,1-3H3/b14-13-. The zero-order valence-corrected chi connectivity index (χ0v) is 12.8. The number of methoxy groups -OCH3 is 1. The van der Waals surface area contributed by atoms with Crippen LogP contribution >= 0.6 is 0 Å². The molecule has 0 fully saturated rings. The van der Waals surface area contributed by atoms with Crippen LogP contribution < -0.4 is 9.92 Å². The van der Waals surface area contributed by atoms with Gasteiger partial charge in [-0.1, -0.05) is 72.5 Å². The van der Waals surface area contributed by atoms with Crippen molar-refractivity contribution in [3.63, 3.8) is 0 Å². The van der Waals surface area contributed by atoms with Crippen LogP contribution in [-0.4, -0.2) is 15.2 Å². The summed E-state index contributed by atoms with van der Waals surface area (Å²) in [6.45, 7) is 4.71. The quantitative estimate of drug-likeness (QED) is 0.765. The lowest BCUT2D eigenvalue weighted by atomic mass is 10.2. The van der Waals surface area contributed by atoms with Gasteiger partial charge in [-0.15, -0.1) is 0 Å². The Morgan fingerprint density at radius 3 is 2.11 bits per heavy atom. The summed E-state index contributed by atoms with van der Waals surface area (Å²) in [7, 11) is 0.167. The number of ether oxygens (including phenoxy) is 1. The molecule has 0 spiro atoms. The molecular formula is C17H20OSi. The third-order valence-corrected chi connectivity index (χ3v) is 6.15. The number of hydrogen-bond acceptors (Lipinski definition) is 1. The Morgan fingerprint density at radius 2 is 1.53 bits per heavy atom. The summed E-state index contributed by atoms with van der Waals surface area (Å²) in [5.41, 5.74) is 3.64. The molecule has 2 aromatic rings. The predicted octanol–water partition coefficient (Wildman–Crippen LogP) is 3.86. The van der Waals surface area contributed by atoms with E-state index in [9.17, 15) is 0 Å². The van der Waals surface area contributed by atoms with Gasteiger partial charge in [-0.05, 0) is 17.7 Å². The van der Waals surface area contributed by atoms with Gasteiger partial charge in [0.2, 0.25) is 0 Å². The van der Waals surface area contributed by atoms with E-state index in [1.807, 2.05) is 18.2 Å². The number of hydrogen-bond donors (Lipinski definition) is 0. The average molecular weight is 268 g/mol. The van der Waals surface area contributed by atoms with E-state index in [0.29, 0.717) is 0 Å². The van der Waals surface area contributed by atoms with Gasteiger partial charge in [-0.25, -0.2) is 0 Å². The molecule has 0 atom stereocenters. The lowest BCUT2D eigenvalue weighted by Gasteiger charge is -2.18. The molecule has 0 aliphatic rings. The molecule has 1 nitrogen and oxygen atoms in total. The predicted molar refractivity (Wildman–Crippen MR) is 85.6 cm³/mol. The molecule has 0 heterocycles. The van der Waals surface area contributed by atoms with Crippen LogP contribution in [0.25, 0.3) is 6.08 Å². The van der Waals surface area contributed by atoms with Crippen molar-refractivity contribution in [2.75, 3.05) is 7.11 Å². The Labute approximate surface area is 116 Å². The molecule has 98 valence electrons. The van der Waals surface area contributed by atoms with Gasteiger partial charge in [-0.2, -0.15) is 0 Å². The lowest BCUT2D eigenvalue weighted by molar-refractivity contribution is 0.415. The average Bonchev–Trinajstić information content (AvgIpc) is 2.46. The maximum absolute atomic E-state index is 5.21. The minimum Gasteiger partial charge on any atom is -0.497 e. The van der Waals surface area contributed by atoms with Gasteiger partial charge < -0.3 is 4.74 Å². The first-order chi connectivity index (χ1) is 9.12. The number of benzene rings is 2. The molecule has 19 heavy (non-hydrogen) atoms. The minimum atomic E-state index is -1.53. The third-order valence-electron chi connectivity index (χ3n) is 3.33. The highest BCUT2D eigenvalue weighted by Crippen LogP contribution is 2.13. The second-order valence-electron chi connectivity index (χ2n) is 5.19. The summed E-state index contributed by atoms with van der Waals surface area (Å²) in [5.74, 6) is 0.917. The van der Waals surface area contributed by atoms with E-state index in [4.69, 9.17) is 4.74 Å². The fourth-order valence-corrected chi connectivity index (χ4v) is 3.81. The fourth-order valence-electron chi connectivity index (χ4n) is 1.99. The van der Waals surface area contributed by atoms with Crippen molar-refractivity contribution in [1.29, 1.82) is 0 Å². The molecule has 2 heteroatoms. The highest BCUT2D eigenvalue weighted by Gasteiger charge is 2.19. The molecule has 0 radical (unpaired) electrons. The Kier molecular flexibility index (Phi) is 4.22. The SMILES string of the molecule is COc1ccc([Si](C)(C)/C=C\c2ccccc2)cc1. The van der Waals surface area contributed by atoms with Gasteiger partial charge in [0.25, 0.3) is 0 Å². The van der Waals surface area contributed by atoms with Crippen LogP contribution in [0.1, 0.15) is 5.56 Å². The van der Waals surface area contributed by atoms with E-state index in [1.165, 1.54) is 10.8 Å². The van der Waals surface area contributed by atoms with E-state index in [1.54, 1.807) is 7.11 Å². The van der Waals surface area contributed by atoms with Crippen LogP contribution in [-0.2, 0) is 0 Å². The largest absolute Gasteiger partial charge is 0.497 e. The molecule has 0 aliphatic heterocycles. The second-order valence-corrected chi connectivity index (χ2v) is 9.55. The summed E-state index contributed by atoms with van der Waals surface area (Å²) in [5, 5.41) is 1.42. The first-order valence-corrected chi connectivity index (χ1v) is 9.58. The molecule has 0 unspecified atom stereocenters. The van der Waals surface area contributed by atoms with Crippen LogP contribution in [0.5, 0.6) is 5.75 Å². The van der Waals surface area contributed by atoms with Gasteiger partial charge in [0.15, 0.2) is 0 Å². The lowest BCUT2D eigenvalue weighted by Crippen LogP contribution is -2.39. The first kappa shape index (κ1) is 13.6. The second kappa shape index (κ2) is 5.89. The van der Waals surface area contributed by atoms with E-state index < -0.39 is 8.07 Å². The molecule has 0 aromatic heterocycles. The molecule has 0 saturated carbocycles. The smallest absolute Gasteiger partial charge is 0.118 e. The molecule has 0 amide bonds. The zero-order chi connectivity index (χ0) is 13.7. The Bertz CT molecular complexity index is 541. The molecule has 0 bridgehead atoms. The normalized spacial score (nSPS) is 11.7. The van der Waals surface area contributed by atoms with Gasteiger partial charge >= 0.3 is 0 Å². The van der Waals surface area contributed by atoms with Crippen LogP contribution in [0.4, 0.5) is 0 Å². The molecule has 0 saturated heterocycles. The van der Waals surface area contributed by atoms with E-state index in [2.05, 4.69) is 61.3 Å². The third kappa shape index (κ3) is 3.58. The Hall–Kier alpha value is -1.80. The van der Waals surface area contributed by atoms with Crippen LogP contribution in [0.3, 0.4) is 0 Å². The first-order valence-electron chi connectivity index (χ1n) is 6.51. The van der Waals surface area contributed by atoms with Gasteiger partial charge in [0.05, 0.1) is 7.11 Å². The monoisotopic (exact) mass is 268 g/mol. The van der Waals surface area contributed by atoms with Crippen molar-refractivity contribution in [3.8, 4) is 5.75 Å². The van der Waals surface area contributed by atoms with Crippen molar-refractivity contribution in [1.82, 2.24) is 0 Å². The van der Waals surface area contributed by atoms with Crippen molar-refractivity contribution in [3.05, 3.63) is 65.9 Å². The van der Waals surface area contributed by atoms with Crippen molar-refractivity contribution in [2.45, 2.75) is 13.1 Å². The van der Waals surface area contributed by atoms with Gasteiger partial charge in [0, 0.05) is 0 Å². The fraction of sp³-hybridized carbons (Fsp3) is 0.176. The van der Waals surface area contributed by atoms with E-state index in [0.717, 1.165) is 5.75 Å². The summed E-state index contributed by atoms with van der Waals surface area (Å²) in [6, 6.07) is 18.9. The molecule has 0 aliphatic carbocycles. The molecular weight excluding hydrogens is 248 g/mol. The highest BCUT2D eigenvalue weighted by atomic mass is 28.3. The summed E-state index contributed by atoms with van der Waals surface area (Å²) in [4.78, 5) is 0. The summed E-state index contributed by atoms with van der Waals surface area (Å²) in [6.07, 6.45) is 2.23. The maximum Gasteiger partial charge on any atom is 0.118 e. The van der Waals surface area contributed by atoms with E-state index >= 15 is 0 Å². The Morgan fingerprint density at radius 1 is 0.895 bits per heavy atom. The van der Waals surface area contributed by atoms with Crippen molar-refractivity contribution < 1.29 is 4.74 Å². The number of rotatable bonds is 4. The summed E-state index contributed by atoms with van der Waals surface area (Å²) < 4.78 is 5.21. The van der Waals surface area contributed by atoms with Crippen LogP contribution in [0.2, 0.25) is 13.1 Å². The summed E-state index contributed by atoms with van der Waals surface area (Å²) >= 11 is 0. The van der Waals surface area contributed by atoms with Crippen LogP contribution in [0.15, 0.2) is 60.3 Å². The van der Waals surface area contributed by atoms with E-state index in [-0.39, 0.29) is 0 Å². The Balaban J connectivity index is 2.19. The van der Waals surface area contributed by atoms with Gasteiger partial charge in [-0.3, -0.25) is 0 Å². The van der Waals surface area contributed by atoms with Crippen molar-refractivity contribution in [2.24, 2.45) is 0 Å². The topological polar surface area (TPSA) is 9.23 Å². The highest BCUT2D eigenvalue weighted by molar-refractivity contribution is 6.94. The minimum absolute atomic E-state index is 0.917. The zero-order valence-electron chi connectivity index (χ0n) is 11.8. The molecule has 2 rings (SSSR count). The maximum atomic E-state index is 5.21.